The highest BCUT2D eigenvalue weighted by molar-refractivity contribution is 6.03. The first kappa shape index (κ1) is 18.1. The number of nitrogens with zero attached hydrogens (tertiary/aromatic N) is 3. The lowest BCUT2D eigenvalue weighted by Crippen LogP contribution is -2.15. The molecule has 0 saturated carbocycles. The van der Waals surface area contributed by atoms with Crippen LogP contribution >= 0.6 is 0 Å². The molecule has 1 amide bonds. The number of aryl methyl sites for hydroxylation is 1. The summed E-state index contributed by atoms with van der Waals surface area (Å²) >= 11 is 0. The Morgan fingerprint density at radius 2 is 1.96 bits per heavy atom. The number of amides is 1. The van der Waals surface area contributed by atoms with Gasteiger partial charge in [-0.05, 0) is 43.2 Å². The van der Waals surface area contributed by atoms with Crippen molar-refractivity contribution in [1.82, 2.24) is 9.78 Å². The van der Waals surface area contributed by atoms with Crippen molar-refractivity contribution in [3.8, 4) is 5.75 Å². The molecule has 0 radical (unpaired) electrons. The summed E-state index contributed by atoms with van der Waals surface area (Å²) in [5, 5.41) is 18.0. The lowest BCUT2D eigenvalue weighted by atomic mass is 10.1. The van der Waals surface area contributed by atoms with Crippen molar-refractivity contribution >= 4 is 17.3 Å². The van der Waals surface area contributed by atoms with Crippen LogP contribution in [0, 0.1) is 24.0 Å². The second-order valence-electron chi connectivity index (χ2n) is 5.94. The Kier molecular flexibility index (Phi) is 5.16. The Hall–Kier alpha value is -3.68. The molecule has 8 heteroatoms. The number of carbonyl (C=O) groups excluding carboxylic acids is 1. The Morgan fingerprint density at radius 3 is 2.74 bits per heavy atom. The molecule has 8 nitrogen and oxygen atoms in total. The van der Waals surface area contributed by atoms with E-state index in [-0.39, 0.29) is 29.8 Å². The van der Waals surface area contributed by atoms with E-state index in [2.05, 4.69) is 10.4 Å². The topological polar surface area (TPSA) is 99.3 Å². The Balaban J connectivity index is 1.67. The van der Waals surface area contributed by atoms with Crippen LogP contribution in [0.5, 0.6) is 5.75 Å². The molecule has 0 unspecified atom stereocenters. The lowest BCUT2D eigenvalue weighted by molar-refractivity contribution is -0.386. The number of benzene rings is 2. The maximum atomic E-state index is 12.4. The van der Waals surface area contributed by atoms with Crippen LogP contribution in [0.4, 0.5) is 11.4 Å². The molecule has 2 aromatic carbocycles. The van der Waals surface area contributed by atoms with Crippen molar-refractivity contribution in [2.24, 2.45) is 0 Å². The zero-order chi connectivity index (χ0) is 19.4. The van der Waals surface area contributed by atoms with E-state index >= 15 is 0 Å². The van der Waals surface area contributed by atoms with Gasteiger partial charge in [-0.1, -0.05) is 24.3 Å². The first-order chi connectivity index (χ1) is 13.0. The van der Waals surface area contributed by atoms with E-state index in [1.807, 2.05) is 32.0 Å². The summed E-state index contributed by atoms with van der Waals surface area (Å²) in [5.41, 5.74) is 2.89. The fraction of sp³-hybridized carbons (Fsp3) is 0.158. The molecule has 0 bridgehead atoms. The predicted molar refractivity (Wildman–Crippen MR) is 99.8 cm³/mol. The molecule has 3 rings (SSSR count). The van der Waals surface area contributed by atoms with Crippen LogP contribution in [0.15, 0.2) is 54.7 Å². The van der Waals surface area contributed by atoms with E-state index in [0.29, 0.717) is 0 Å². The molecular weight excluding hydrogens is 348 g/mol. The molecule has 0 aliphatic carbocycles. The van der Waals surface area contributed by atoms with Crippen molar-refractivity contribution in [3.63, 3.8) is 0 Å². The number of aromatic nitrogens is 2. The smallest absolute Gasteiger partial charge is 0.311 e. The van der Waals surface area contributed by atoms with Crippen LogP contribution in [0.2, 0.25) is 0 Å². The van der Waals surface area contributed by atoms with Crippen LogP contribution in [0.1, 0.15) is 21.6 Å². The SMILES string of the molecule is Cc1cccc(NC(=O)c2ccn(COc3ccccc3[N+](=O)[O-])n2)c1C. The van der Waals surface area contributed by atoms with Gasteiger partial charge in [0.25, 0.3) is 5.91 Å². The van der Waals surface area contributed by atoms with Gasteiger partial charge in [0.05, 0.1) is 4.92 Å². The van der Waals surface area contributed by atoms with Crippen molar-refractivity contribution in [3.05, 3.63) is 81.7 Å². The van der Waals surface area contributed by atoms with E-state index in [1.54, 1.807) is 24.4 Å². The molecule has 0 aliphatic heterocycles. The van der Waals surface area contributed by atoms with E-state index in [9.17, 15) is 14.9 Å². The predicted octanol–water partition coefficient (Wildman–Crippen LogP) is 3.70. The van der Waals surface area contributed by atoms with Gasteiger partial charge in [-0.3, -0.25) is 14.9 Å². The minimum absolute atomic E-state index is 0.0540. The molecule has 1 N–H and O–H groups in total. The van der Waals surface area contributed by atoms with Crippen LogP contribution in [0.3, 0.4) is 0 Å². The molecule has 1 heterocycles. The number of ether oxygens (including phenoxy) is 1. The third-order valence-corrected chi connectivity index (χ3v) is 4.14. The molecule has 0 aliphatic rings. The van der Waals surface area contributed by atoms with Gasteiger partial charge in [0.2, 0.25) is 0 Å². The number of rotatable bonds is 6. The summed E-state index contributed by atoms with van der Waals surface area (Å²) in [6, 6.07) is 13.3. The number of anilines is 1. The van der Waals surface area contributed by atoms with Gasteiger partial charge in [-0.25, -0.2) is 4.68 Å². The monoisotopic (exact) mass is 366 g/mol. The van der Waals surface area contributed by atoms with Crippen LogP contribution < -0.4 is 10.1 Å². The van der Waals surface area contributed by atoms with Crippen molar-refractivity contribution in [2.45, 2.75) is 20.6 Å². The number of nitro groups is 1. The molecule has 138 valence electrons. The lowest BCUT2D eigenvalue weighted by Gasteiger charge is -2.09. The summed E-state index contributed by atoms with van der Waals surface area (Å²) in [6.07, 6.45) is 1.58. The van der Waals surface area contributed by atoms with Gasteiger partial charge >= 0.3 is 5.69 Å². The van der Waals surface area contributed by atoms with Gasteiger partial charge in [-0.15, -0.1) is 0 Å². The molecular formula is C19H18N4O4. The molecule has 0 fully saturated rings. The van der Waals surface area contributed by atoms with E-state index in [0.717, 1.165) is 16.8 Å². The van der Waals surface area contributed by atoms with Crippen LogP contribution in [-0.2, 0) is 6.73 Å². The molecule has 27 heavy (non-hydrogen) atoms. The quantitative estimate of drug-likeness (QED) is 0.530. The summed E-state index contributed by atoms with van der Waals surface area (Å²) in [5.74, 6) is -0.201. The summed E-state index contributed by atoms with van der Waals surface area (Å²) in [4.78, 5) is 22.9. The summed E-state index contributed by atoms with van der Waals surface area (Å²) < 4.78 is 6.86. The first-order valence-electron chi connectivity index (χ1n) is 8.23. The fourth-order valence-corrected chi connectivity index (χ4v) is 2.49. The molecule has 0 atom stereocenters. The molecule has 0 spiro atoms. The third kappa shape index (κ3) is 4.12. The second kappa shape index (κ2) is 7.69. The fourth-order valence-electron chi connectivity index (χ4n) is 2.49. The highest BCUT2D eigenvalue weighted by Gasteiger charge is 2.15. The molecule has 1 aromatic heterocycles. The zero-order valence-electron chi connectivity index (χ0n) is 14.9. The first-order valence-corrected chi connectivity index (χ1v) is 8.23. The highest BCUT2D eigenvalue weighted by Crippen LogP contribution is 2.26. The number of nitrogens with one attached hydrogen (secondary N) is 1. The average Bonchev–Trinajstić information content (AvgIpc) is 3.13. The number of hydrogen-bond donors (Lipinski definition) is 1. The van der Waals surface area contributed by atoms with Crippen LogP contribution in [-0.4, -0.2) is 20.6 Å². The summed E-state index contributed by atoms with van der Waals surface area (Å²) in [6.45, 7) is 3.85. The number of para-hydroxylation sites is 2. The van der Waals surface area contributed by atoms with Gasteiger partial charge in [0.15, 0.2) is 18.2 Å². The Morgan fingerprint density at radius 1 is 1.19 bits per heavy atom. The molecule has 3 aromatic rings. The minimum atomic E-state index is -0.512. The van der Waals surface area contributed by atoms with Crippen molar-refractivity contribution < 1.29 is 14.5 Å². The Bertz CT molecular complexity index is 997. The van der Waals surface area contributed by atoms with E-state index in [1.165, 1.54) is 16.8 Å². The van der Waals surface area contributed by atoms with Gasteiger partial charge < -0.3 is 10.1 Å². The van der Waals surface area contributed by atoms with E-state index < -0.39 is 4.92 Å². The standard InChI is InChI=1S/C19H18N4O4/c1-13-6-5-7-15(14(13)2)20-19(24)16-10-11-22(21-16)12-27-18-9-4-3-8-17(18)23(25)26/h3-11H,12H2,1-2H3,(H,20,24). The molecule has 0 saturated heterocycles. The normalized spacial score (nSPS) is 10.4. The van der Waals surface area contributed by atoms with Gasteiger partial charge in [-0.2, -0.15) is 5.10 Å². The Labute approximate surface area is 155 Å². The van der Waals surface area contributed by atoms with Crippen molar-refractivity contribution in [1.29, 1.82) is 0 Å². The zero-order valence-corrected chi connectivity index (χ0v) is 14.9. The van der Waals surface area contributed by atoms with Crippen LogP contribution in [0.25, 0.3) is 0 Å². The van der Waals surface area contributed by atoms with Gasteiger partial charge in [0, 0.05) is 18.0 Å². The largest absolute Gasteiger partial charge is 0.464 e. The minimum Gasteiger partial charge on any atom is -0.464 e. The van der Waals surface area contributed by atoms with Crippen molar-refractivity contribution in [2.75, 3.05) is 5.32 Å². The number of hydrogen-bond acceptors (Lipinski definition) is 5. The summed E-state index contributed by atoms with van der Waals surface area (Å²) in [7, 11) is 0. The van der Waals surface area contributed by atoms with Gasteiger partial charge in [0.1, 0.15) is 0 Å². The highest BCUT2D eigenvalue weighted by atomic mass is 16.6. The average molecular weight is 366 g/mol. The number of nitro benzene ring substituents is 1. The second-order valence-corrected chi connectivity index (χ2v) is 5.94. The number of carbonyl (C=O) groups is 1. The third-order valence-electron chi connectivity index (χ3n) is 4.14. The van der Waals surface area contributed by atoms with E-state index in [4.69, 9.17) is 4.74 Å². The maximum Gasteiger partial charge on any atom is 0.311 e. The maximum absolute atomic E-state index is 12.4.